The Bertz CT molecular complexity index is 385. The lowest BCUT2D eigenvalue weighted by atomic mass is 10.2. The predicted molar refractivity (Wildman–Crippen MR) is 59.2 cm³/mol. The fourth-order valence-corrected chi connectivity index (χ4v) is 1.11. The lowest BCUT2D eigenvalue weighted by molar-refractivity contribution is 0.625. The molecular weight excluding hydrogens is 219 g/mol. The van der Waals surface area contributed by atoms with Gasteiger partial charge in [0.2, 0.25) is 0 Å². The third-order valence-corrected chi connectivity index (χ3v) is 1.73. The molecule has 0 saturated carbocycles. The van der Waals surface area contributed by atoms with Crippen molar-refractivity contribution in [1.82, 2.24) is 0 Å². The Morgan fingerprint density at radius 2 is 1.57 bits per heavy atom. The highest BCUT2D eigenvalue weighted by Crippen LogP contribution is 2.17. The smallest absolute Gasteiger partial charge is 0.185 e. The molecule has 0 N–H and O–H groups in total. The summed E-state index contributed by atoms with van der Waals surface area (Å²) in [6.07, 6.45) is -0.564. The van der Waals surface area contributed by atoms with Gasteiger partial charge in [-0.05, 0) is 42.1 Å². The van der Waals surface area contributed by atoms with Gasteiger partial charge in [0, 0.05) is 0 Å². The summed E-state index contributed by atoms with van der Waals surface area (Å²) in [5, 5.41) is 4.40. The number of halogens is 1. The second-order valence-electron chi connectivity index (χ2n) is 2.37. The molecule has 0 amide bonds. The molecular formula is C9H5FN2S2. The van der Waals surface area contributed by atoms with E-state index in [0.717, 1.165) is 0 Å². The SMILES string of the molecule is Fc1ccc(C(N=C=S)N=C=S)cc1. The summed E-state index contributed by atoms with van der Waals surface area (Å²) in [5.41, 5.74) is 0.695. The van der Waals surface area contributed by atoms with Crippen LogP contribution in [0.5, 0.6) is 0 Å². The standard InChI is InChI=1S/C9H5FN2S2/c10-8-3-1-7(2-4-8)9(11-5-13)12-6-14/h1-4,9H. The topological polar surface area (TPSA) is 24.7 Å². The monoisotopic (exact) mass is 224 g/mol. The van der Waals surface area contributed by atoms with Crippen molar-refractivity contribution in [3.8, 4) is 0 Å². The van der Waals surface area contributed by atoms with Crippen LogP contribution in [0.4, 0.5) is 4.39 Å². The fourth-order valence-electron chi connectivity index (χ4n) is 0.913. The molecule has 0 unspecified atom stereocenters. The Morgan fingerprint density at radius 3 is 2.00 bits per heavy atom. The molecule has 0 aliphatic carbocycles. The highest BCUT2D eigenvalue weighted by atomic mass is 32.1. The predicted octanol–water partition coefficient (Wildman–Crippen LogP) is 3.03. The van der Waals surface area contributed by atoms with Crippen LogP contribution in [0.15, 0.2) is 34.3 Å². The maximum absolute atomic E-state index is 12.6. The van der Waals surface area contributed by atoms with Gasteiger partial charge in [-0.15, -0.1) is 0 Å². The maximum Gasteiger partial charge on any atom is 0.185 e. The van der Waals surface area contributed by atoms with Gasteiger partial charge in [-0.3, -0.25) is 0 Å². The lowest BCUT2D eigenvalue weighted by Gasteiger charge is -2.03. The molecule has 0 heterocycles. The highest BCUT2D eigenvalue weighted by molar-refractivity contribution is 7.78. The first-order valence-corrected chi connectivity index (χ1v) is 4.49. The van der Waals surface area contributed by atoms with Gasteiger partial charge in [0.25, 0.3) is 0 Å². The Hall–Kier alpha value is -1.25. The van der Waals surface area contributed by atoms with E-state index in [1.54, 1.807) is 12.1 Å². The van der Waals surface area contributed by atoms with Crippen molar-refractivity contribution in [1.29, 1.82) is 0 Å². The number of benzene rings is 1. The average Bonchev–Trinajstić information content (AvgIpc) is 2.19. The zero-order valence-corrected chi connectivity index (χ0v) is 8.61. The van der Waals surface area contributed by atoms with E-state index >= 15 is 0 Å². The Kier molecular flexibility index (Phi) is 4.23. The van der Waals surface area contributed by atoms with E-state index in [0.29, 0.717) is 5.56 Å². The van der Waals surface area contributed by atoms with Crippen molar-refractivity contribution in [2.24, 2.45) is 9.98 Å². The molecule has 1 rings (SSSR count). The first-order chi connectivity index (χ1) is 6.77. The Morgan fingerprint density at radius 1 is 1.07 bits per heavy atom. The molecule has 0 radical (unpaired) electrons. The minimum atomic E-state index is -0.564. The summed E-state index contributed by atoms with van der Waals surface area (Å²) >= 11 is 8.91. The van der Waals surface area contributed by atoms with E-state index in [9.17, 15) is 4.39 Å². The van der Waals surface area contributed by atoms with Crippen LogP contribution in [0.3, 0.4) is 0 Å². The van der Waals surface area contributed by atoms with E-state index < -0.39 is 6.17 Å². The van der Waals surface area contributed by atoms with Crippen LogP contribution in [0, 0.1) is 5.82 Å². The first kappa shape index (κ1) is 10.8. The average molecular weight is 224 g/mol. The van der Waals surface area contributed by atoms with E-state index in [1.165, 1.54) is 12.1 Å². The number of rotatable bonds is 3. The molecule has 0 bridgehead atoms. The quantitative estimate of drug-likeness (QED) is 0.582. The number of hydrogen-bond donors (Lipinski definition) is 0. The van der Waals surface area contributed by atoms with Gasteiger partial charge in [0.05, 0.1) is 10.3 Å². The third kappa shape index (κ3) is 2.91. The van der Waals surface area contributed by atoms with Crippen LogP contribution in [-0.2, 0) is 0 Å². The molecule has 0 spiro atoms. The molecule has 1 aromatic carbocycles. The van der Waals surface area contributed by atoms with Gasteiger partial charge >= 0.3 is 0 Å². The van der Waals surface area contributed by atoms with Gasteiger partial charge in [-0.2, -0.15) is 9.98 Å². The number of aliphatic imine (C=N–C) groups is 2. The first-order valence-electron chi connectivity index (χ1n) is 3.67. The Balaban J connectivity index is 3.04. The molecule has 5 heteroatoms. The molecule has 0 saturated heterocycles. The van der Waals surface area contributed by atoms with E-state index in [2.05, 4.69) is 44.7 Å². The number of isothiocyanates is 2. The summed E-state index contributed by atoms with van der Waals surface area (Å²) in [7, 11) is 0. The van der Waals surface area contributed by atoms with Crippen LogP contribution >= 0.6 is 24.4 Å². The van der Waals surface area contributed by atoms with Gasteiger partial charge in [0.15, 0.2) is 6.17 Å². The third-order valence-electron chi connectivity index (χ3n) is 1.52. The summed E-state index contributed by atoms with van der Waals surface area (Å²) in [6.45, 7) is 0. The fraction of sp³-hybridized carbons (Fsp3) is 0.111. The minimum Gasteiger partial charge on any atom is -0.207 e. The maximum atomic E-state index is 12.6. The molecule has 14 heavy (non-hydrogen) atoms. The van der Waals surface area contributed by atoms with Crippen LogP contribution in [0.2, 0.25) is 0 Å². The van der Waals surface area contributed by atoms with Crippen molar-refractivity contribution in [3.05, 3.63) is 35.6 Å². The van der Waals surface area contributed by atoms with Gasteiger partial charge in [-0.25, -0.2) is 4.39 Å². The molecule has 0 aliphatic rings. The van der Waals surface area contributed by atoms with Gasteiger partial charge in [0.1, 0.15) is 5.82 Å². The number of hydrogen-bond acceptors (Lipinski definition) is 4. The van der Waals surface area contributed by atoms with E-state index in [-0.39, 0.29) is 5.82 Å². The number of nitrogens with zero attached hydrogens (tertiary/aromatic N) is 2. The lowest BCUT2D eigenvalue weighted by Crippen LogP contribution is -1.90. The van der Waals surface area contributed by atoms with Gasteiger partial charge < -0.3 is 0 Å². The van der Waals surface area contributed by atoms with Crippen molar-refractivity contribution < 1.29 is 4.39 Å². The molecule has 2 nitrogen and oxygen atoms in total. The largest absolute Gasteiger partial charge is 0.207 e. The van der Waals surface area contributed by atoms with Gasteiger partial charge in [-0.1, -0.05) is 12.1 Å². The van der Waals surface area contributed by atoms with Crippen molar-refractivity contribution in [2.45, 2.75) is 6.17 Å². The molecule has 70 valence electrons. The highest BCUT2D eigenvalue weighted by Gasteiger charge is 2.06. The van der Waals surface area contributed by atoms with Crippen LogP contribution in [0.25, 0.3) is 0 Å². The normalized spacial score (nSPS) is 10.9. The minimum absolute atomic E-state index is 0.315. The summed E-state index contributed by atoms with van der Waals surface area (Å²) in [4.78, 5) is 7.52. The van der Waals surface area contributed by atoms with Crippen LogP contribution in [-0.4, -0.2) is 10.3 Å². The molecule has 0 fully saturated rings. The molecule has 1 aromatic rings. The summed E-state index contributed by atoms with van der Waals surface area (Å²) in [5.74, 6) is -0.315. The molecule has 0 aromatic heterocycles. The van der Waals surface area contributed by atoms with Crippen LogP contribution < -0.4 is 0 Å². The van der Waals surface area contributed by atoms with E-state index in [4.69, 9.17) is 0 Å². The van der Waals surface area contributed by atoms with Crippen molar-refractivity contribution in [3.63, 3.8) is 0 Å². The van der Waals surface area contributed by atoms with Crippen LogP contribution in [0.1, 0.15) is 11.7 Å². The van der Waals surface area contributed by atoms with E-state index in [1.807, 2.05) is 0 Å². The Labute approximate surface area is 91.2 Å². The van der Waals surface area contributed by atoms with Crippen molar-refractivity contribution >= 4 is 34.8 Å². The number of thiocarbonyl (C=S) groups is 2. The second-order valence-corrected chi connectivity index (χ2v) is 2.73. The zero-order chi connectivity index (χ0) is 10.4. The molecule has 0 aliphatic heterocycles. The zero-order valence-electron chi connectivity index (χ0n) is 6.98. The molecule has 0 atom stereocenters. The summed E-state index contributed by atoms with van der Waals surface area (Å²) < 4.78 is 12.6. The summed E-state index contributed by atoms with van der Waals surface area (Å²) in [6, 6.07) is 5.76. The van der Waals surface area contributed by atoms with Crippen molar-refractivity contribution in [2.75, 3.05) is 0 Å². The second kappa shape index (κ2) is 5.47.